The van der Waals surface area contributed by atoms with E-state index in [2.05, 4.69) is 10.3 Å². The Balaban J connectivity index is 2.64. The van der Waals surface area contributed by atoms with Crippen molar-refractivity contribution in [2.45, 2.75) is 26.3 Å². The van der Waals surface area contributed by atoms with Crippen molar-refractivity contribution in [3.8, 4) is 0 Å². The molecule has 1 unspecified atom stereocenters. The van der Waals surface area contributed by atoms with Crippen LogP contribution in [0.4, 0.5) is 0 Å². The van der Waals surface area contributed by atoms with Crippen molar-refractivity contribution in [3.63, 3.8) is 0 Å². The minimum Gasteiger partial charge on any atom is -0.394 e. The highest BCUT2D eigenvalue weighted by Gasteiger charge is 2.15. The van der Waals surface area contributed by atoms with Gasteiger partial charge in [0.05, 0.1) is 12.6 Å². The average molecular weight is 257 g/mol. The van der Waals surface area contributed by atoms with Crippen LogP contribution >= 0.6 is 11.6 Å². The number of amides is 1. The molecule has 1 atom stereocenters. The number of hydrogen-bond acceptors (Lipinski definition) is 3. The van der Waals surface area contributed by atoms with Gasteiger partial charge in [-0.25, -0.2) is 4.98 Å². The molecular weight excluding hydrogens is 240 g/mol. The lowest BCUT2D eigenvalue weighted by atomic mass is 10.0. The predicted molar refractivity (Wildman–Crippen MR) is 67.0 cm³/mol. The molecule has 0 saturated carbocycles. The lowest BCUT2D eigenvalue weighted by Gasteiger charge is -2.17. The van der Waals surface area contributed by atoms with Gasteiger partial charge in [-0.3, -0.25) is 4.79 Å². The fourth-order valence-corrected chi connectivity index (χ4v) is 1.71. The number of carbonyl (C=O) groups excluding carboxylic acids is 1. The minimum absolute atomic E-state index is 0.0789. The third kappa shape index (κ3) is 4.71. The van der Waals surface area contributed by atoms with Gasteiger partial charge in [-0.05, 0) is 24.5 Å². The second kappa shape index (κ2) is 6.57. The number of aliphatic hydroxyl groups is 1. The summed E-state index contributed by atoms with van der Waals surface area (Å²) < 4.78 is 0. The van der Waals surface area contributed by atoms with Crippen LogP contribution < -0.4 is 5.32 Å². The zero-order valence-electron chi connectivity index (χ0n) is 9.98. The van der Waals surface area contributed by atoms with E-state index in [-0.39, 0.29) is 29.4 Å². The molecule has 0 radical (unpaired) electrons. The van der Waals surface area contributed by atoms with Gasteiger partial charge in [0.25, 0.3) is 5.91 Å². The van der Waals surface area contributed by atoms with Gasteiger partial charge >= 0.3 is 0 Å². The van der Waals surface area contributed by atoms with Gasteiger partial charge in [-0.1, -0.05) is 31.5 Å². The Labute approximate surface area is 106 Å². The molecule has 2 N–H and O–H groups in total. The van der Waals surface area contributed by atoms with Crippen molar-refractivity contribution in [1.29, 1.82) is 0 Å². The van der Waals surface area contributed by atoms with Gasteiger partial charge < -0.3 is 10.4 Å². The van der Waals surface area contributed by atoms with E-state index in [4.69, 9.17) is 16.7 Å². The topological polar surface area (TPSA) is 62.2 Å². The van der Waals surface area contributed by atoms with Crippen LogP contribution in [0.1, 0.15) is 30.8 Å². The zero-order chi connectivity index (χ0) is 12.8. The molecule has 0 fully saturated rings. The first-order valence-corrected chi connectivity index (χ1v) is 5.95. The molecule has 1 aromatic rings. The normalized spacial score (nSPS) is 12.5. The molecule has 0 bridgehead atoms. The number of aliphatic hydroxyl groups excluding tert-OH is 1. The summed E-state index contributed by atoms with van der Waals surface area (Å²) in [5, 5.41) is 12.2. The van der Waals surface area contributed by atoms with Gasteiger partial charge in [0.1, 0.15) is 10.8 Å². The first kappa shape index (κ1) is 13.9. The zero-order valence-corrected chi connectivity index (χ0v) is 10.7. The molecule has 94 valence electrons. The van der Waals surface area contributed by atoms with Crippen LogP contribution in [-0.4, -0.2) is 28.6 Å². The number of halogens is 1. The molecule has 0 aliphatic carbocycles. The molecular formula is C12H17ClN2O2. The largest absolute Gasteiger partial charge is 0.394 e. The highest BCUT2D eigenvalue weighted by atomic mass is 35.5. The number of hydrogen-bond donors (Lipinski definition) is 2. The van der Waals surface area contributed by atoms with E-state index in [1.165, 1.54) is 0 Å². The van der Waals surface area contributed by atoms with Crippen molar-refractivity contribution >= 4 is 17.5 Å². The molecule has 1 amide bonds. The average Bonchev–Trinajstić information content (AvgIpc) is 2.27. The summed E-state index contributed by atoms with van der Waals surface area (Å²) in [7, 11) is 0. The van der Waals surface area contributed by atoms with Gasteiger partial charge in [0.15, 0.2) is 0 Å². The van der Waals surface area contributed by atoms with E-state index in [1.807, 2.05) is 13.8 Å². The van der Waals surface area contributed by atoms with Gasteiger partial charge in [0.2, 0.25) is 0 Å². The maximum Gasteiger partial charge on any atom is 0.270 e. The number of carbonyl (C=O) groups is 1. The fourth-order valence-electron chi connectivity index (χ4n) is 1.54. The van der Waals surface area contributed by atoms with Crippen molar-refractivity contribution in [1.82, 2.24) is 10.3 Å². The highest BCUT2D eigenvalue weighted by Crippen LogP contribution is 2.07. The number of aromatic nitrogens is 1. The first-order valence-electron chi connectivity index (χ1n) is 5.57. The predicted octanol–water partition coefficient (Wildman–Crippen LogP) is 1.87. The maximum absolute atomic E-state index is 11.8. The van der Waals surface area contributed by atoms with E-state index in [0.717, 1.165) is 6.42 Å². The summed E-state index contributed by atoms with van der Waals surface area (Å²) in [6.45, 7) is 3.99. The third-order valence-electron chi connectivity index (χ3n) is 2.26. The minimum atomic E-state index is -0.313. The van der Waals surface area contributed by atoms with E-state index in [0.29, 0.717) is 5.92 Å². The molecule has 17 heavy (non-hydrogen) atoms. The van der Waals surface area contributed by atoms with E-state index < -0.39 is 0 Å². The molecule has 1 heterocycles. The van der Waals surface area contributed by atoms with Crippen LogP contribution in [0.2, 0.25) is 5.15 Å². The molecule has 0 aromatic carbocycles. The molecule has 0 aliphatic heterocycles. The number of rotatable bonds is 5. The number of nitrogens with one attached hydrogen (secondary N) is 1. The van der Waals surface area contributed by atoms with Gasteiger partial charge in [0, 0.05) is 0 Å². The Kier molecular flexibility index (Phi) is 5.38. The van der Waals surface area contributed by atoms with Gasteiger partial charge in [-0.15, -0.1) is 0 Å². The molecule has 0 aliphatic rings. The van der Waals surface area contributed by atoms with Crippen molar-refractivity contribution < 1.29 is 9.90 Å². The molecule has 1 aromatic heterocycles. The second-order valence-corrected chi connectivity index (χ2v) is 4.72. The summed E-state index contributed by atoms with van der Waals surface area (Å²) >= 11 is 5.70. The van der Waals surface area contributed by atoms with Crippen LogP contribution in [0.5, 0.6) is 0 Å². The maximum atomic E-state index is 11.8. The molecule has 1 rings (SSSR count). The monoisotopic (exact) mass is 256 g/mol. The Morgan fingerprint density at radius 2 is 2.24 bits per heavy atom. The van der Waals surface area contributed by atoms with Crippen LogP contribution in [0.15, 0.2) is 18.2 Å². The third-order valence-corrected chi connectivity index (χ3v) is 2.47. The lowest BCUT2D eigenvalue weighted by molar-refractivity contribution is 0.0903. The molecule has 5 heteroatoms. The Morgan fingerprint density at radius 1 is 1.53 bits per heavy atom. The SMILES string of the molecule is CC(C)CC(CO)NC(=O)c1cccc(Cl)n1. The Morgan fingerprint density at radius 3 is 2.76 bits per heavy atom. The Hall–Kier alpha value is -1.13. The summed E-state index contributed by atoms with van der Waals surface area (Å²) in [5.41, 5.74) is 0.264. The first-order chi connectivity index (χ1) is 8.02. The Bertz CT molecular complexity index is 383. The molecule has 0 saturated heterocycles. The molecule has 0 spiro atoms. The van der Waals surface area contributed by atoms with Crippen LogP contribution in [0, 0.1) is 5.92 Å². The fraction of sp³-hybridized carbons (Fsp3) is 0.500. The van der Waals surface area contributed by atoms with Gasteiger partial charge in [-0.2, -0.15) is 0 Å². The number of pyridine rings is 1. The van der Waals surface area contributed by atoms with Crippen molar-refractivity contribution in [2.75, 3.05) is 6.61 Å². The summed E-state index contributed by atoms with van der Waals surface area (Å²) in [6.07, 6.45) is 0.725. The lowest BCUT2D eigenvalue weighted by Crippen LogP contribution is -2.38. The standard InChI is InChI=1S/C12H17ClN2O2/c1-8(2)6-9(7-16)14-12(17)10-4-3-5-11(13)15-10/h3-5,8-9,16H,6-7H2,1-2H3,(H,14,17). The van der Waals surface area contributed by atoms with Crippen LogP contribution in [0.3, 0.4) is 0 Å². The smallest absolute Gasteiger partial charge is 0.270 e. The highest BCUT2D eigenvalue weighted by molar-refractivity contribution is 6.29. The summed E-state index contributed by atoms with van der Waals surface area (Å²) in [5.74, 6) is 0.0898. The quantitative estimate of drug-likeness (QED) is 0.791. The summed E-state index contributed by atoms with van der Waals surface area (Å²) in [4.78, 5) is 15.7. The summed E-state index contributed by atoms with van der Waals surface area (Å²) in [6, 6.07) is 4.62. The van der Waals surface area contributed by atoms with E-state index in [9.17, 15) is 4.79 Å². The van der Waals surface area contributed by atoms with E-state index >= 15 is 0 Å². The van der Waals surface area contributed by atoms with Crippen molar-refractivity contribution in [3.05, 3.63) is 29.0 Å². The molecule has 4 nitrogen and oxygen atoms in total. The van der Waals surface area contributed by atoms with Crippen LogP contribution in [0.25, 0.3) is 0 Å². The second-order valence-electron chi connectivity index (χ2n) is 4.33. The number of nitrogens with zero attached hydrogens (tertiary/aromatic N) is 1. The van der Waals surface area contributed by atoms with Crippen LogP contribution in [-0.2, 0) is 0 Å². The van der Waals surface area contributed by atoms with E-state index in [1.54, 1.807) is 18.2 Å². The van der Waals surface area contributed by atoms with Crippen molar-refractivity contribution in [2.24, 2.45) is 5.92 Å².